The van der Waals surface area contributed by atoms with Gasteiger partial charge in [-0.05, 0) is 8.67 Å². The van der Waals surface area contributed by atoms with Gasteiger partial charge in [-0.1, -0.05) is 13.8 Å². The van der Waals surface area contributed by atoms with E-state index in [1.165, 1.54) is 0 Å². The van der Waals surface area contributed by atoms with Crippen LogP contribution in [0.25, 0.3) is 0 Å². The Balaban J connectivity index is -0.00000155. The summed E-state index contributed by atoms with van der Waals surface area (Å²) in [4.78, 5) is 28.7. The molecule has 19 heteroatoms. The van der Waals surface area contributed by atoms with Crippen molar-refractivity contribution in [3.8, 4) is 0 Å². The Morgan fingerprint density at radius 3 is 1.52 bits per heavy atom. The van der Waals surface area contributed by atoms with E-state index in [0.29, 0.717) is 0 Å². The van der Waals surface area contributed by atoms with E-state index in [4.69, 9.17) is 13.7 Å². The Bertz CT molecular complexity index is 734. The molecular formula is C6H13NaO15S3. The summed E-state index contributed by atoms with van der Waals surface area (Å²) >= 11 is 0. The van der Waals surface area contributed by atoms with E-state index in [1.807, 2.05) is 13.8 Å². The molecule has 3 N–H and O–H groups in total. The van der Waals surface area contributed by atoms with E-state index in [1.54, 1.807) is 0 Å². The summed E-state index contributed by atoms with van der Waals surface area (Å²) in [5, 5.41) is -2.83. The molecule has 0 saturated heterocycles. The van der Waals surface area contributed by atoms with Crippen LogP contribution in [-0.4, -0.2) is 85.7 Å². The van der Waals surface area contributed by atoms with Gasteiger partial charge in [0.1, 0.15) is 0 Å². The molecule has 0 radical (unpaired) electrons. The standard InChI is InChI=1S/C4H6O15S3.C2H6.Na.H/c5-3(16-18-21(10,11)12)1-2(20(7,8)9)4(6)17-19-22(13,14)15;1-2;;/h2H,1H2,(H,7,8,9)(H,10,11,12)(H,13,14,15);1-2H3;;. The Kier molecular flexibility index (Phi) is 14.2. The zero-order chi connectivity index (χ0) is 19.8. The van der Waals surface area contributed by atoms with Crippen LogP contribution in [0.3, 0.4) is 0 Å². The normalized spacial score (nSPS) is 12.7. The molecule has 0 aliphatic rings. The van der Waals surface area contributed by atoms with Gasteiger partial charge in [0.15, 0.2) is 5.25 Å². The van der Waals surface area contributed by atoms with Crippen LogP contribution in [-0.2, 0) is 58.9 Å². The third-order valence-corrected chi connectivity index (χ3v) is 2.95. The predicted molar refractivity (Wildman–Crippen MR) is 75.9 cm³/mol. The summed E-state index contributed by atoms with van der Waals surface area (Å²) in [5.41, 5.74) is 0. The Morgan fingerprint density at radius 2 is 1.20 bits per heavy atom. The fourth-order valence-electron chi connectivity index (χ4n) is 0.707. The van der Waals surface area contributed by atoms with Crippen LogP contribution in [0.5, 0.6) is 0 Å². The van der Waals surface area contributed by atoms with Gasteiger partial charge in [-0.3, -0.25) is 23.4 Å². The van der Waals surface area contributed by atoms with Gasteiger partial charge >= 0.3 is 62.3 Å². The first-order chi connectivity index (χ1) is 10.6. The zero-order valence-corrected chi connectivity index (χ0v) is 14.2. The second kappa shape index (κ2) is 12.1. The average Bonchev–Trinajstić information content (AvgIpc) is 2.39. The van der Waals surface area contributed by atoms with Crippen LogP contribution in [0, 0.1) is 0 Å². The van der Waals surface area contributed by atoms with Crippen molar-refractivity contribution in [2.24, 2.45) is 0 Å². The molecule has 0 fully saturated rings. The van der Waals surface area contributed by atoms with Crippen LogP contribution in [0.2, 0.25) is 0 Å². The molecule has 0 aromatic rings. The van der Waals surface area contributed by atoms with Crippen molar-refractivity contribution in [1.82, 2.24) is 0 Å². The topological polar surface area (TPSA) is 234 Å². The Labute approximate surface area is 164 Å². The van der Waals surface area contributed by atoms with E-state index in [0.717, 1.165) is 0 Å². The number of carbonyl (C=O) groups is 2. The van der Waals surface area contributed by atoms with E-state index in [2.05, 4.69) is 18.4 Å². The van der Waals surface area contributed by atoms with Crippen molar-refractivity contribution < 1.29 is 66.9 Å². The monoisotopic (exact) mass is 444 g/mol. The van der Waals surface area contributed by atoms with Gasteiger partial charge in [-0.25, -0.2) is 9.59 Å². The van der Waals surface area contributed by atoms with Gasteiger partial charge in [0.25, 0.3) is 10.1 Å². The quantitative estimate of drug-likeness (QED) is 0.153. The first kappa shape index (κ1) is 29.4. The number of hydrogen-bond donors (Lipinski definition) is 3. The second-order valence-electron chi connectivity index (χ2n) is 3.06. The summed E-state index contributed by atoms with van der Waals surface area (Å²) in [5.74, 6) is -4.10. The van der Waals surface area contributed by atoms with E-state index in [9.17, 15) is 34.8 Å². The summed E-state index contributed by atoms with van der Waals surface area (Å²) in [7, 11) is -16.0. The van der Waals surface area contributed by atoms with Crippen molar-refractivity contribution in [2.45, 2.75) is 25.5 Å². The molecule has 1 unspecified atom stereocenters. The molecule has 0 saturated carbocycles. The molecular weight excluding hydrogens is 431 g/mol. The number of carbonyl (C=O) groups excluding carboxylic acids is 2. The fraction of sp³-hybridized carbons (Fsp3) is 0.667. The van der Waals surface area contributed by atoms with E-state index in [-0.39, 0.29) is 29.6 Å². The molecule has 0 aromatic heterocycles. The van der Waals surface area contributed by atoms with Gasteiger partial charge in [0, 0.05) is 0 Å². The fourth-order valence-corrected chi connectivity index (χ4v) is 1.65. The molecule has 0 amide bonds. The summed E-state index contributed by atoms with van der Waals surface area (Å²) in [6.07, 6.45) is -1.64. The van der Waals surface area contributed by atoms with Crippen LogP contribution in [0.1, 0.15) is 20.3 Å². The van der Waals surface area contributed by atoms with Crippen LogP contribution in [0.4, 0.5) is 0 Å². The molecule has 15 nitrogen and oxygen atoms in total. The van der Waals surface area contributed by atoms with Crippen molar-refractivity contribution >= 4 is 72.4 Å². The molecule has 0 aliphatic heterocycles. The van der Waals surface area contributed by atoms with Crippen LogP contribution >= 0.6 is 0 Å². The molecule has 0 bridgehead atoms. The average molecular weight is 444 g/mol. The molecule has 0 aromatic carbocycles. The Hall–Kier alpha value is -0.410. The SMILES string of the molecule is CC.O=C(CC(C(=O)OOS(=O)(=O)O)S(=O)(=O)O)OOS(=O)(=O)O.[NaH]. The number of rotatable bonds is 8. The number of hydrogen-bond acceptors (Lipinski definition) is 12. The molecule has 1 atom stereocenters. The Morgan fingerprint density at radius 1 is 0.840 bits per heavy atom. The van der Waals surface area contributed by atoms with Gasteiger partial charge in [0.05, 0.1) is 6.42 Å². The van der Waals surface area contributed by atoms with Gasteiger partial charge < -0.3 is 0 Å². The maximum absolute atomic E-state index is 11.1. The summed E-state index contributed by atoms with van der Waals surface area (Å²) in [6, 6.07) is 0. The summed E-state index contributed by atoms with van der Waals surface area (Å²) < 4.78 is 92.7. The van der Waals surface area contributed by atoms with E-state index >= 15 is 0 Å². The third kappa shape index (κ3) is 16.8. The maximum atomic E-state index is 11.1. The minimum absolute atomic E-state index is 0. The van der Waals surface area contributed by atoms with Crippen molar-refractivity contribution in [1.29, 1.82) is 0 Å². The molecule has 25 heavy (non-hydrogen) atoms. The van der Waals surface area contributed by atoms with Crippen molar-refractivity contribution in [2.75, 3.05) is 0 Å². The minimum atomic E-state index is -5.38. The van der Waals surface area contributed by atoms with Crippen LogP contribution in [0.15, 0.2) is 0 Å². The van der Waals surface area contributed by atoms with Crippen molar-refractivity contribution in [3.05, 3.63) is 0 Å². The van der Waals surface area contributed by atoms with Crippen molar-refractivity contribution in [3.63, 3.8) is 0 Å². The second-order valence-corrected chi connectivity index (χ2v) is 6.64. The van der Waals surface area contributed by atoms with Crippen LogP contribution < -0.4 is 0 Å². The van der Waals surface area contributed by atoms with Gasteiger partial charge in [0.2, 0.25) is 0 Å². The first-order valence-corrected chi connectivity index (χ1v) is 9.55. The van der Waals surface area contributed by atoms with Gasteiger partial charge in [-0.2, -0.15) is 25.3 Å². The van der Waals surface area contributed by atoms with Gasteiger partial charge in [-0.15, -0.1) is 0 Å². The first-order valence-electron chi connectivity index (χ1n) is 5.32. The molecule has 0 heterocycles. The summed E-state index contributed by atoms with van der Waals surface area (Å²) in [6.45, 7) is 4.00. The zero-order valence-electron chi connectivity index (χ0n) is 11.7. The predicted octanol–water partition coefficient (Wildman–Crippen LogP) is -2.43. The molecule has 0 aliphatic carbocycles. The third-order valence-electron chi connectivity index (χ3n) is 1.39. The van der Waals surface area contributed by atoms with E-state index < -0.39 is 54.5 Å². The molecule has 146 valence electrons. The molecule has 0 rings (SSSR count). The molecule has 0 spiro atoms.